The third kappa shape index (κ3) is 4.88. The first-order valence-electron chi connectivity index (χ1n) is 10.2. The number of nitrogens with one attached hydrogen (secondary N) is 1. The third-order valence-corrected chi connectivity index (χ3v) is 6.71. The van der Waals surface area contributed by atoms with Crippen molar-refractivity contribution in [3.8, 4) is 0 Å². The number of sulfonamides is 1. The Morgan fingerprint density at radius 1 is 0.938 bits per heavy atom. The van der Waals surface area contributed by atoms with Crippen LogP contribution >= 0.6 is 0 Å². The number of carbonyl (C=O) groups excluding carboxylic acids is 1. The van der Waals surface area contributed by atoms with Crippen LogP contribution in [-0.4, -0.2) is 50.4 Å². The van der Waals surface area contributed by atoms with Gasteiger partial charge in [0.1, 0.15) is 11.6 Å². The van der Waals surface area contributed by atoms with E-state index in [2.05, 4.69) is 9.71 Å². The van der Waals surface area contributed by atoms with Crippen molar-refractivity contribution in [3.05, 3.63) is 83.8 Å². The largest absolute Gasteiger partial charge is 0.353 e. The highest BCUT2D eigenvalue weighted by molar-refractivity contribution is 7.92. The molecule has 7 nitrogen and oxygen atoms in total. The Morgan fingerprint density at radius 2 is 1.59 bits per heavy atom. The molecule has 1 N–H and O–H groups in total. The number of rotatable bonds is 5. The number of benzene rings is 2. The standard InChI is InChI=1S/C23H23FN4O3S/c1-17-2-9-21(10-3-17)32(30,31)26-20-8-11-22(25-16-20)27-12-14-28(15-13-27)23(29)18-4-6-19(24)7-5-18/h2-11,16,26H,12-15H2,1H3. The Morgan fingerprint density at radius 3 is 2.19 bits per heavy atom. The van der Waals surface area contributed by atoms with Gasteiger partial charge in [0.05, 0.1) is 16.8 Å². The predicted molar refractivity (Wildman–Crippen MR) is 121 cm³/mol. The number of carbonyl (C=O) groups is 1. The normalized spacial score (nSPS) is 14.3. The molecule has 1 amide bonds. The molecule has 0 bridgehead atoms. The maximum atomic E-state index is 13.1. The van der Waals surface area contributed by atoms with Crippen LogP contribution in [0.2, 0.25) is 0 Å². The molecule has 2 aromatic carbocycles. The Balaban J connectivity index is 1.36. The summed E-state index contributed by atoms with van der Waals surface area (Å²) in [6.07, 6.45) is 1.48. The van der Waals surface area contributed by atoms with Crippen LogP contribution in [-0.2, 0) is 10.0 Å². The van der Waals surface area contributed by atoms with Gasteiger partial charge in [0.2, 0.25) is 0 Å². The van der Waals surface area contributed by atoms with Gasteiger partial charge in [-0.2, -0.15) is 0 Å². The molecule has 0 radical (unpaired) electrons. The lowest BCUT2D eigenvalue weighted by atomic mass is 10.2. The number of nitrogens with zero attached hydrogens (tertiary/aromatic N) is 3. The topological polar surface area (TPSA) is 82.6 Å². The summed E-state index contributed by atoms with van der Waals surface area (Å²) in [6, 6.07) is 15.6. The van der Waals surface area contributed by atoms with E-state index in [0.717, 1.165) is 5.56 Å². The molecule has 1 aliphatic heterocycles. The van der Waals surface area contributed by atoms with Crippen LogP contribution in [0.3, 0.4) is 0 Å². The van der Waals surface area contributed by atoms with Gasteiger partial charge in [-0.05, 0) is 55.5 Å². The van der Waals surface area contributed by atoms with E-state index in [4.69, 9.17) is 0 Å². The summed E-state index contributed by atoms with van der Waals surface area (Å²) >= 11 is 0. The van der Waals surface area contributed by atoms with Gasteiger partial charge in [-0.3, -0.25) is 9.52 Å². The summed E-state index contributed by atoms with van der Waals surface area (Å²) in [5.41, 5.74) is 1.82. The van der Waals surface area contributed by atoms with E-state index in [-0.39, 0.29) is 16.6 Å². The molecule has 0 atom stereocenters. The van der Waals surface area contributed by atoms with Crippen molar-refractivity contribution < 1.29 is 17.6 Å². The molecule has 1 fully saturated rings. The predicted octanol–water partition coefficient (Wildman–Crippen LogP) is 3.29. The number of amides is 1. The maximum absolute atomic E-state index is 13.1. The summed E-state index contributed by atoms with van der Waals surface area (Å²) in [5.74, 6) is 0.206. The zero-order valence-electron chi connectivity index (χ0n) is 17.5. The van der Waals surface area contributed by atoms with Gasteiger partial charge in [-0.15, -0.1) is 0 Å². The number of aryl methyl sites for hydroxylation is 1. The molecular formula is C23H23FN4O3S. The van der Waals surface area contributed by atoms with Crippen molar-refractivity contribution in [2.24, 2.45) is 0 Å². The molecular weight excluding hydrogens is 431 g/mol. The summed E-state index contributed by atoms with van der Waals surface area (Å²) in [7, 11) is -3.68. The number of aromatic nitrogens is 1. The fourth-order valence-corrected chi connectivity index (χ4v) is 4.52. The Hall–Kier alpha value is -3.46. The van der Waals surface area contributed by atoms with Crippen LogP contribution in [0.15, 0.2) is 71.8 Å². The minimum Gasteiger partial charge on any atom is -0.353 e. The highest BCUT2D eigenvalue weighted by Gasteiger charge is 2.23. The van der Waals surface area contributed by atoms with E-state index in [1.807, 2.05) is 11.8 Å². The summed E-state index contributed by atoms with van der Waals surface area (Å²) in [4.78, 5) is 20.9. The minimum atomic E-state index is -3.68. The Labute approximate surface area is 186 Å². The van der Waals surface area contributed by atoms with Crippen LogP contribution in [0.25, 0.3) is 0 Å². The monoisotopic (exact) mass is 454 g/mol. The van der Waals surface area contributed by atoms with E-state index < -0.39 is 10.0 Å². The van der Waals surface area contributed by atoms with Gasteiger partial charge in [-0.1, -0.05) is 17.7 Å². The number of anilines is 2. The SMILES string of the molecule is Cc1ccc(S(=O)(=O)Nc2ccc(N3CCN(C(=O)c4ccc(F)cc4)CC3)nc2)cc1. The number of pyridine rings is 1. The van der Waals surface area contributed by atoms with Crippen LogP contribution in [0.1, 0.15) is 15.9 Å². The minimum absolute atomic E-state index is 0.126. The second-order valence-corrected chi connectivity index (χ2v) is 9.29. The average molecular weight is 455 g/mol. The summed E-state index contributed by atoms with van der Waals surface area (Å²) in [5, 5.41) is 0. The highest BCUT2D eigenvalue weighted by Crippen LogP contribution is 2.20. The molecule has 3 aromatic rings. The molecule has 166 valence electrons. The zero-order chi connectivity index (χ0) is 22.7. The van der Waals surface area contributed by atoms with Gasteiger partial charge in [0, 0.05) is 31.7 Å². The first kappa shape index (κ1) is 21.8. The molecule has 1 aromatic heterocycles. The van der Waals surface area contributed by atoms with E-state index in [9.17, 15) is 17.6 Å². The second-order valence-electron chi connectivity index (χ2n) is 7.61. The quantitative estimate of drug-likeness (QED) is 0.640. The summed E-state index contributed by atoms with van der Waals surface area (Å²) < 4.78 is 40.7. The number of hydrogen-bond donors (Lipinski definition) is 1. The van der Waals surface area contributed by atoms with Crippen molar-refractivity contribution in [2.75, 3.05) is 35.8 Å². The van der Waals surface area contributed by atoms with Crippen molar-refractivity contribution in [3.63, 3.8) is 0 Å². The van der Waals surface area contributed by atoms with Crippen LogP contribution in [0.5, 0.6) is 0 Å². The molecule has 2 heterocycles. The molecule has 9 heteroatoms. The number of piperazine rings is 1. The summed E-state index contributed by atoms with van der Waals surface area (Å²) in [6.45, 7) is 4.10. The molecule has 0 unspecified atom stereocenters. The molecule has 0 aliphatic carbocycles. The van der Waals surface area contributed by atoms with E-state index >= 15 is 0 Å². The molecule has 1 aliphatic rings. The van der Waals surface area contributed by atoms with Crippen LogP contribution in [0.4, 0.5) is 15.9 Å². The number of halogens is 1. The van der Waals surface area contributed by atoms with Gasteiger partial charge >= 0.3 is 0 Å². The first-order valence-corrected chi connectivity index (χ1v) is 11.7. The fraction of sp³-hybridized carbons (Fsp3) is 0.217. The average Bonchev–Trinajstić information content (AvgIpc) is 2.80. The molecule has 4 rings (SSSR count). The van der Waals surface area contributed by atoms with Crippen molar-refractivity contribution >= 4 is 27.4 Å². The van der Waals surface area contributed by atoms with Gasteiger partial charge in [0.25, 0.3) is 15.9 Å². The molecule has 0 spiro atoms. The fourth-order valence-electron chi connectivity index (χ4n) is 3.48. The third-order valence-electron chi connectivity index (χ3n) is 5.31. The Kier molecular flexibility index (Phi) is 6.09. The zero-order valence-corrected chi connectivity index (χ0v) is 18.3. The van der Waals surface area contributed by atoms with Gasteiger partial charge in [0.15, 0.2) is 0 Å². The smallest absolute Gasteiger partial charge is 0.261 e. The lowest BCUT2D eigenvalue weighted by Gasteiger charge is -2.35. The van der Waals surface area contributed by atoms with E-state index in [1.165, 1.54) is 30.5 Å². The van der Waals surface area contributed by atoms with E-state index in [0.29, 0.717) is 43.2 Å². The van der Waals surface area contributed by atoms with Crippen molar-refractivity contribution in [2.45, 2.75) is 11.8 Å². The van der Waals surface area contributed by atoms with E-state index in [1.54, 1.807) is 41.3 Å². The maximum Gasteiger partial charge on any atom is 0.261 e. The van der Waals surface area contributed by atoms with Crippen LogP contribution in [0, 0.1) is 12.7 Å². The molecule has 0 saturated carbocycles. The van der Waals surface area contributed by atoms with Crippen molar-refractivity contribution in [1.82, 2.24) is 9.88 Å². The van der Waals surface area contributed by atoms with Gasteiger partial charge < -0.3 is 9.80 Å². The Bertz CT molecular complexity index is 1190. The van der Waals surface area contributed by atoms with Gasteiger partial charge in [-0.25, -0.2) is 17.8 Å². The molecule has 1 saturated heterocycles. The number of hydrogen-bond acceptors (Lipinski definition) is 5. The first-order chi connectivity index (χ1) is 15.3. The molecule has 32 heavy (non-hydrogen) atoms. The lowest BCUT2D eigenvalue weighted by molar-refractivity contribution is 0.0746. The lowest BCUT2D eigenvalue weighted by Crippen LogP contribution is -2.49. The highest BCUT2D eigenvalue weighted by atomic mass is 32.2. The van der Waals surface area contributed by atoms with Crippen molar-refractivity contribution in [1.29, 1.82) is 0 Å². The second kappa shape index (κ2) is 8.96. The van der Waals surface area contributed by atoms with Crippen LogP contribution < -0.4 is 9.62 Å².